The highest BCUT2D eigenvalue weighted by atomic mass is 16.5. The maximum Gasteiger partial charge on any atom is 0.220 e. The molecule has 5 aromatic rings. The molecule has 6 rings (SSSR count). The van der Waals surface area contributed by atoms with Crippen molar-refractivity contribution in [2.45, 2.75) is 77.9 Å². The van der Waals surface area contributed by atoms with Gasteiger partial charge in [-0.1, -0.05) is 11.6 Å². The number of aliphatic hydroxyl groups excluding tert-OH is 2. The van der Waals surface area contributed by atoms with Crippen molar-refractivity contribution >= 4 is 66.5 Å². The van der Waals surface area contributed by atoms with E-state index in [1.54, 1.807) is 14.2 Å². The number of nitrogens with one attached hydrogen (secondary N) is 2. The lowest BCUT2D eigenvalue weighted by Gasteiger charge is -2.26. The number of carbonyl (C=O) groups is 2. The summed E-state index contributed by atoms with van der Waals surface area (Å²) >= 11 is 0. The van der Waals surface area contributed by atoms with Crippen LogP contribution >= 0.6 is 0 Å². The summed E-state index contributed by atoms with van der Waals surface area (Å²) in [6, 6.07) is 2.71. The fraction of sp³-hybridized carbons (Fsp3) is 0.489. The van der Waals surface area contributed by atoms with Gasteiger partial charge in [0.1, 0.15) is 5.78 Å². The molecule has 1 aliphatic rings. The van der Waals surface area contributed by atoms with Crippen LogP contribution in [-0.2, 0) is 54.6 Å². The molecule has 0 heterocycles. The van der Waals surface area contributed by atoms with Crippen molar-refractivity contribution in [3.05, 3.63) is 66.0 Å². The molecule has 0 unspecified atom stereocenters. The zero-order valence-electron chi connectivity index (χ0n) is 35.7. The number of amides is 1. The fourth-order valence-electron chi connectivity index (χ4n) is 8.86. The highest BCUT2D eigenvalue weighted by Gasteiger charge is 2.32. The number of Topliss-reactive ketones (excluding diaryl/α,β-unsaturated/α-hetero) is 1. The number of rotatable bonds is 26. The Morgan fingerprint density at radius 3 is 1.98 bits per heavy atom. The number of fused-ring (bicyclic) bond motifs is 1. The molecule has 1 amide bonds. The molecule has 5 N–H and O–H groups in total. The Hall–Kier alpha value is -4.96. The third kappa shape index (κ3) is 9.59. The average molecular weight is 843 g/mol. The molecule has 0 saturated heterocycles. The molecule has 0 radical (unpaired) electrons. The number of ketones is 1. The second-order valence-electron chi connectivity index (χ2n) is 15.6. The normalized spacial score (nSPS) is 12.6. The van der Waals surface area contributed by atoms with Crippen LogP contribution in [0.2, 0.25) is 0 Å². The molecule has 0 spiro atoms. The molecule has 0 saturated carbocycles. The van der Waals surface area contributed by atoms with Gasteiger partial charge in [0.05, 0.1) is 64.1 Å². The summed E-state index contributed by atoms with van der Waals surface area (Å²) in [4.78, 5) is 54.1. The number of hydrogen-bond acceptors (Lipinski definition) is 13. The van der Waals surface area contributed by atoms with Crippen LogP contribution in [0.5, 0.6) is 11.5 Å². The first kappa shape index (κ1) is 45.6. The first-order chi connectivity index (χ1) is 29.6. The summed E-state index contributed by atoms with van der Waals surface area (Å²) in [6.45, 7) is 4.47. The number of benzene rings is 5. The van der Waals surface area contributed by atoms with E-state index in [-0.39, 0.29) is 40.4 Å². The number of unbranched alkanes of at least 4 members (excludes halogenated alkanes) is 1. The molecule has 0 atom stereocenters. The van der Waals surface area contributed by atoms with Crippen molar-refractivity contribution in [1.82, 2.24) is 5.32 Å². The molecule has 14 nitrogen and oxygen atoms in total. The van der Waals surface area contributed by atoms with Crippen molar-refractivity contribution in [2.24, 2.45) is 0 Å². The third-order valence-corrected chi connectivity index (χ3v) is 11.5. The minimum atomic E-state index is -0.502. The second kappa shape index (κ2) is 21.2. The minimum Gasteiger partial charge on any atom is -0.504 e. The second-order valence-corrected chi connectivity index (χ2v) is 15.6. The predicted molar refractivity (Wildman–Crippen MR) is 237 cm³/mol. The van der Waals surface area contributed by atoms with Gasteiger partial charge in [-0.3, -0.25) is 19.2 Å². The summed E-state index contributed by atoms with van der Waals surface area (Å²) in [5, 5.41) is 43.6. The summed E-state index contributed by atoms with van der Waals surface area (Å²) in [5.41, 5.74) is 3.64. The molecule has 0 bridgehead atoms. The Morgan fingerprint density at radius 1 is 0.689 bits per heavy atom. The monoisotopic (exact) mass is 842 g/mol. The summed E-state index contributed by atoms with van der Waals surface area (Å²) in [6.07, 6.45) is 6.17. The highest BCUT2D eigenvalue weighted by molar-refractivity contribution is 6.38. The van der Waals surface area contributed by atoms with Gasteiger partial charge in [0, 0.05) is 75.2 Å². The SMILES string of the molecule is COCCOCCCC(=O)CCCNc1c(CCCCC(=O)NCCOCCOC)c2c3c4c(c(OC)c(O)c5c(=O)cc(CO)c(c6c(CO)cc(=O)c1c63)c54)CC(C)=C2. The lowest BCUT2D eigenvalue weighted by Crippen LogP contribution is -2.27. The Labute approximate surface area is 354 Å². The van der Waals surface area contributed by atoms with Crippen molar-refractivity contribution in [2.75, 3.05) is 79.4 Å². The zero-order chi connectivity index (χ0) is 43.6. The van der Waals surface area contributed by atoms with Crippen molar-refractivity contribution in [1.29, 1.82) is 0 Å². The van der Waals surface area contributed by atoms with E-state index in [9.17, 15) is 34.5 Å². The number of anilines is 1. The van der Waals surface area contributed by atoms with E-state index in [0.717, 1.165) is 16.7 Å². The highest BCUT2D eigenvalue weighted by Crippen LogP contribution is 2.53. The molecule has 0 aliphatic heterocycles. The van der Waals surface area contributed by atoms with E-state index >= 15 is 0 Å². The van der Waals surface area contributed by atoms with E-state index in [1.807, 2.05) is 6.92 Å². The Bertz CT molecular complexity index is 2520. The molecule has 5 aromatic carbocycles. The number of aromatic hydroxyl groups is 1. The van der Waals surface area contributed by atoms with Gasteiger partial charge in [-0.25, -0.2) is 0 Å². The van der Waals surface area contributed by atoms with Crippen LogP contribution < -0.4 is 26.2 Å². The van der Waals surface area contributed by atoms with Gasteiger partial charge in [0.2, 0.25) is 5.91 Å². The number of carbonyl (C=O) groups excluding carboxylic acids is 2. The van der Waals surface area contributed by atoms with Crippen LogP contribution in [0.15, 0.2) is 27.3 Å². The number of aliphatic hydroxyl groups is 2. The van der Waals surface area contributed by atoms with Crippen LogP contribution in [0, 0.1) is 0 Å². The number of hydrogen-bond donors (Lipinski definition) is 5. The summed E-state index contributed by atoms with van der Waals surface area (Å²) in [7, 11) is 4.65. The Balaban J connectivity index is 1.48. The lowest BCUT2D eigenvalue weighted by atomic mass is 9.80. The number of allylic oxidation sites excluding steroid dienone is 1. The molecular formula is C47H58N2O12. The molecule has 1 aliphatic carbocycles. The van der Waals surface area contributed by atoms with Crippen LogP contribution in [0.25, 0.3) is 49.2 Å². The van der Waals surface area contributed by atoms with E-state index in [1.165, 1.54) is 19.2 Å². The van der Waals surface area contributed by atoms with Gasteiger partial charge in [0.15, 0.2) is 22.4 Å². The quantitative estimate of drug-likeness (QED) is 0.0275. The first-order valence-electron chi connectivity index (χ1n) is 21.1. The van der Waals surface area contributed by atoms with E-state index < -0.39 is 18.6 Å². The van der Waals surface area contributed by atoms with E-state index in [4.69, 9.17) is 23.7 Å². The number of methoxy groups -OCH3 is 3. The third-order valence-electron chi connectivity index (χ3n) is 11.5. The maximum absolute atomic E-state index is 14.6. The van der Waals surface area contributed by atoms with Gasteiger partial charge < -0.3 is 49.6 Å². The standard InChI is InChI=1S/C47H58N2O12/c1-27-21-32-31(11-5-6-12-36(55)48-14-16-61-20-18-58-3)45(49-13-7-9-30(52)10-8-15-60-19-17-57-2)41-34(53)23-28(25-50)37-38-29(26-51)24-35(54)42-44(38)40(39(32)43(37)41)33(22-27)47(59-4)46(42)56/h21,23-24,49-51,56H,5-20,22,25-26H2,1-4H3,(H,48,55). The van der Waals surface area contributed by atoms with Gasteiger partial charge in [-0.2, -0.15) is 0 Å². The molecule has 61 heavy (non-hydrogen) atoms. The van der Waals surface area contributed by atoms with Crippen LogP contribution in [0.4, 0.5) is 5.69 Å². The van der Waals surface area contributed by atoms with Crippen LogP contribution in [-0.4, -0.2) is 101 Å². The van der Waals surface area contributed by atoms with Gasteiger partial charge in [-0.15, -0.1) is 0 Å². The summed E-state index contributed by atoms with van der Waals surface area (Å²) in [5.74, 6) is -0.135. The molecule has 0 aromatic heterocycles. The van der Waals surface area contributed by atoms with Crippen LogP contribution in [0.3, 0.4) is 0 Å². The lowest BCUT2D eigenvalue weighted by molar-refractivity contribution is -0.121. The predicted octanol–water partition coefficient (Wildman–Crippen LogP) is 5.25. The van der Waals surface area contributed by atoms with Gasteiger partial charge in [0.25, 0.3) is 0 Å². The van der Waals surface area contributed by atoms with Gasteiger partial charge >= 0.3 is 0 Å². The van der Waals surface area contributed by atoms with E-state index in [2.05, 4.69) is 16.7 Å². The zero-order valence-corrected chi connectivity index (χ0v) is 35.7. The van der Waals surface area contributed by atoms with Crippen molar-refractivity contribution in [3.63, 3.8) is 0 Å². The Kier molecular flexibility index (Phi) is 15.8. The molecule has 0 fully saturated rings. The number of ether oxygens (including phenoxy) is 5. The van der Waals surface area contributed by atoms with E-state index in [0.29, 0.717) is 164 Å². The van der Waals surface area contributed by atoms with Crippen LogP contribution in [0.1, 0.15) is 79.7 Å². The van der Waals surface area contributed by atoms with Gasteiger partial charge in [-0.05, 0) is 101 Å². The topological polar surface area (TPSA) is 199 Å². The first-order valence-corrected chi connectivity index (χ1v) is 21.1. The van der Waals surface area contributed by atoms with Crippen molar-refractivity contribution < 1.29 is 48.6 Å². The smallest absolute Gasteiger partial charge is 0.220 e. The Morgan fingerprint density at radius 2 is 1.33 bits per heavy atom. The molecule has 328 valence electrons. The minimum absolute atomic E-state index is 0.0345. The number of phenolic OH excluding ortho intramolecular Hbond substituents is 1. The largest absolute Gasteiger partial charge is 0.504 e. The van der Waals surface area contributed by atoms with Crippen molar-refractivity contribution in [3.8, 4) is 11.5 Å². The average Bonchev–Trinajstić information content (AvgIpc) is 3.40. The summed E-state index contributed by atoms with van der Waals surface area (Å²) < 4.78 is 26.8. The fourth-order valence-corrected chi connectivity index (χ4v) is 8.86. The molecular weight excluding hydrogens is 785 g/mol. The molecule has 14 heteroatoms. The number of phenols is 1. The maximum atomic E-state index is 14.6.